The van der Waals surface area contributed by atoms with Crippen LogP contribution in [0.1, 0.15) is 30.1 Å². The Labute approximate surface area is 145 Å². The quantitative estimate of drug-likeness (QED) is 0.887. The van der Waals surface area contributed by atoms with E-state index in [4.69, 9.17) is 11.6 Å². The van der Waals surface area contributed by atoms with Crippen molar-refractivity contribution >= 4 is 35.0 Å². The maximum Gasteiger partial charge on any atom is 0.254 e. The minimum absolute atomic E-state index is 0.0717. The molecule has 0 unspecified atom stereocenters. The third-order valence-electron chi connectivity index (χ3n) is 4.72. The Bertz CT molecular complexity index is 706. The van der Waals surface area contributed by atoms with Crippen molar-refractivity contribution in [1.82, 2.24) is 9.80 Å². The van der Waals surface area contributed by atoms with Gasteiger partial charge in [-0.25, -0.2) is 0 Å². The van der Waals surface area contributed by atoms with Crippen molar-refractivity contribution in [3.8, 4) is 0 Å². The van der Waals surface area contributed by atoms with Gasteiger partial charge in [-0.2, -0.15) is 0 Å². The summed E-state index contributed by atoms with van der Waals surface area (Å²) in [4.78, 5) is 39.7. The Hall–Kier alpha value is -2.08. The van der Waals surface area contributed by atoms with Gasteiger partial charge in [-0.1, -0.05) is 11.6 Å². The molecule has 1 N–H and O–H groups in total. The van der Waals surface area contributed by atoms with E-state index in [1.54, 1.807) is 35.0 Å². The normalized spacial score (nSPS) is 23.2. The SMILES string of the molecule is CC(=O)Nc1ccc(C(=O)N2CCC[C@H]3C(=O)N(C)C[C@H]32)cc1Cl. The lowest BCUT2D eigenvalue weighted by Crippen LogP contribution is -2.48. The van der Waals surface area contributed by atoms with E-state index in [9.17, 15) is 14.4 Å². The minimum Gasteiger partial charge on any atom is -0.343 e. The summed E-state index contributed by atoms with van der Waals surface area (Å²) in [6, 6.07) is 4.78. The molecule has 24 heavy (non-hydrogen) atoms. The first-order valence-corrected chi connectivity index (χ1v) is 8.39. The zero-order chi connectivity index (χ0) is 17.4. The van der Waals surface area contributed by atoms with Crippen LogP contribution in [0.15, 0.2) is 18.2 Å². The van der Waals surface area contributed by atoms with Crippen LogP contribution in [0.4, 0.5) is 5.69 Å². The standard InChI is InChI=1S/C17H20ClN3O3/c1-10(22)19-14-6-5-11(8-13(14)18)16(23)21-7-3-4-12-15(21)9-20(2)17(12)24/h5-6,8,12,15H,3-4,7,9H2,1-2H3,(H,19,22)/t12-,15-/m1/s1. The lowest BCUT2D eigenvalue weighted by molar-refractivity contribution is -0.130. The van der Waals surface area contributed by atoms with Gasteiger partial charge in [0.05, 0.1) is 22.7 Å². The van der Waals surface area contributed by atoms with Crippen LogP contribution >= 0.6 is 11.6 Å². The lowest BCUT2D eigenvalue weighted by atomic mass is 9.91. The number of piperidine rings is 1. The number of carbonyl (C=O) groups excluding carboxylic acids is 3. The molecule has 0 aromatic heterocycles. The number of amides is 3. The van der Waals surface area contributed by atoms with Gasteiger partial charge < -0.3 is 15.1 Å². The van der Waals surface area contributed by atoms with Gasteiger partial charge >= 0.3 is 0 Å². The number of carbonyl (C=O) groups is 3. The van der Waals surface area contributed by atoms with Crippen LogP contribution in [0.2, 0.25) is 5.02 Å². The molecule has 0 saturated carbocycles. The minimum atomic E-state index is -0.220. The number of likely N-dealkylation sites (N-methyl/N-ethyl adjacent to an activating group) is 1. The number of benzene rings is 1. The molecule has 6 nitrogen and oxygen atoms in total. The summed E-state index contributed by atoms with van der Waals surface area (Å²) in [5, 5.41) is 2.94. The van der Waals surface area contributed by atoms with E-state index < -0.39 is 0 Å². The summed E-state index contributed by atoms with van der Waals surface area (Å²) in [7, 11) is 1.78. The summed E-state index contributed by atoms with van der Waals surface area (Å²) in [6.45, 7) is 2.62. The summed E-state index contributed by atoms with van der Waals surface area (Å²) in [5.74, 6) is -0.315. The van der Waals surface area contributed by atoms with Gasteiger partial charge in [0.15, 0.2) is 0 Å². The van der Waals surface area contributed by atoms with Crippen molar-refractivity contribution < 1.29 is 14.4 Å². The Kier molecular flexibility index (Phi) is 4.49. The van der Waals surface area contributed by atoms with E-state index in [1.807, 2.05) is 0 Å². The third-order valence-corrected chi connectivity index (χ3v) is 5.03. The van der Waals surface area contributed by atoms with Crippen LogP contribution in [-0.2, 0) is 9.59 Å². The Morgan fingerprint density at radius 1 is 1.33 bits per heavy atom. The molecule has 0 bridgehead atoms. The van der Waals surface area contributed by atoms with Gasteiger partial charge in [-0.3, -0.25) is 14.4 Å². The van der Waals surface area contributed by atoms with Gasteiger partial charge in [-0.05, 0) is 31.0 Å². The Morgan fingerprint density at radius 3 is 2.75 bits per heavy atom. The number of fused-ring (bicyclic) bond motifs is 1. The van der Waals surface area contributed by atoms with E-state index in [1.165, 1.54) is 6.92 Å². The fourth-order valence-corrected chi connectivity index (χ4v) is 3.81. The van der Waals surface area contributed by atoms with Gasteiger partial charge in [0, 0.05) is 32.6 Å². The molecule has 2 heterocycles. The first kappa shape index (κ1) is 16.8. The van der Waals surface area contributed by atoms with Crippen LogP contribution in [0.25, 0.3) is 0 Å². The van der Waals surface area contributed by atoms with Crippen molar-refractivity contribution in [2.24, 2.45) is 5.92 Å². The molecule has 3 rings (SSSR count). The summed E-state index contributed by atoms with van der Waals surface area (Å²) in [6.07, 6.45) is 1.66. The van der Waals surface area contributed by atoms with Crippen molar-refractivity contribution in [2.45, 2.75) is 25.8 Å². The van der Waals surface area contributed by atoms with E-state index >= 15 is 0 Å². The predicted octanol–water partition coefficient (Wildman–Crippen LogP) is 1.99. The van der Waals surface area contributed by atoms with Crippen LogP contribution < -0.4 is 5.32 Å². The third kappa shape index (κ3) is 2.98. The smallest absolute Gasteiger partial charge is 0.254 e. The number of nitrogens with zero attached hydrogens (tertiary/aromatic N) is 2. The topological polar surface area (TPSA) is 69.7 Å². The Morgan fingerprint density at radius 2 is 2.08 bits per heavy atom. The highest BCUT2D eigenvalue weighted by atomic mass is 35.5. The molecule has 0 aliphatic carbocycles. The molecule has 3 amide bonds. The fourth-order valence-electron chi connectivity index (χ4n) is 3.58. The molecular weight excluding hydrogens is 330 g/mol. The number of halogens is 1. The Balaban J connectivity index is 1.82. The summed E-state index contributed by atoms with van der Waals surface area (Å²) >= 11 is 6.17. The lowest BCUT2D eigenvalue weighted by Gasteiger charge is -2.36. The van der Waals surface area contributed by atoms with E-state index in [0.717, 1.165) is 12.8 Å². The number of rotatable bonds is 2. The number of likely N-dealkylation sites (tertiary alicyclic amines) is 2. The maximum atomic E-state index is 12.9. The number of nitrogens with one attached hydrogen (secondary N) is 1. The van der Waals surface area contributed by atoms with Crippen molar-refractivity contribution in [3.63, 3.8) is 0 Å². The van der Waals surface area contributed by atoms with Crippen LogP contribution in [-0.4, -0.2) is 53.7 Å². The molecule has 2 fully saturated rings. The molecule has 2 aliphatic heterocycles. The molecule has 0 radical (unpaired) electrons. The summed E-state index contributed by atoms with van der Waals surface area (Å²) in [5.41, 5.74) is 0.949. The number of hydrogen-bond donors (Lipinski definition) is 1. The molecular formula is C17H20ClN3O3. The van der Waals surface area contributed by atoms with Gasteiger partial charge in [0.2, 0.25) is 11.8 Å². The maximum absolute atomic E-state index is 12.9. The van der Waals surface area contributed by atoms with E-state index in [2.05, 4.69) is 5.32 Å². The zero-order valence-corrected chi connectivity index (χ0v) is 14.5. The van der Waals surface area contributed by atoms with Gasteiger partial charge in [0.25, 0.3) is 5.91 Å². The molecule has 128 valence electrons. The first-order chi connectivity index (χ1) is 11.4. The highest BCUT2D eigenvalue weighted by Crippen LogP contribution is 2.32. The highest BCUT2D eigenvalue weighted by Gasteiger charge is 2.45. The molecule has 1 aromatic carbocycles. The second kappa shape index (κ2) is 6.43. The average molecular weight is 350 g/mol. The van der Waals surface area contributed by atoms with Gasteiger partial charge in [-0.15, -0.1) is 0 Å². The monoisotopic (exact) mass is 349 g/mol. The molecule has 1 aromatic rings. The van der Waals surface area contributed by atoms with Gasteiger partial charge in [0.1, 0.15) is 0 Å². The molecule has 2 saturated heterocycles. The average Bonchev–Trinajstić information content (AvgIpc) is 2.83. The van der Waals surface area contributed by atoms with Crippen molar-refractivity contribution in [1.29, 1.82) is 0 Å². The van der Waals surface area contributed by atoms with Crippen LogP contribution in [0, 0.1) is 5.92 Å². The van der Waals surface area contributed by atoms with Crippen molar-refractivity contribution in [2.75, 3.05) is 25.5 Å². The molecule has 7 heteroatoms. The van der Waals surface area contributed by atoms with Crippen LogP contribution in [0.3, 0.4) is 0 Å². The molecule has 2 aliphatic rings. The van der Waals surface area contributed by atoms with E-state index in [-0.39, 0.29) is 29.7 Å². The molecule has 2 atom stereocenters. The predicted molar refractivity (Wildman–Crippen MR) is 90.9 cm³/mol. The zero-order valence-electron chi connectivity index (χ0n) is 13.7. The fraction of sp³-hybridized carbons (Fsp3) is 0.471. The van der Waals surface area contributed by atoms with Crippen molar-refractivity contribution in [3.05, 3.63) is 28.8 Å². The van der Waals surface area contributed by atoms with E-state index in [0.29, 0.717) is 29.4 Å². The highest BCUT2D eigenvalue weighted by molar-refractivity contribution is 6.34. The second-order valence-electron chi connectivity index (χ2n) is 6.41. The second-order valence-corrected chi connectivity index (χ2v) is 6.82. The largest absolute Gasteiger partial charge is 0.343 e. The number of anilines is 1. The molecule has 0 spiro atoms. The number of hydrogen-bond acceptors (Lipinski definition) is 3. The summed E-state index contributed by atoms with van der Waals surface area (Å²) < 4.78 is 0. The van der Waals surface area contributed by atoms with Crippen LogP contribution in [0.5, 0.6) is 0 Å². The first-order valence-electron chi connectivity index (χ1n) is 8.01.